The van der Waals surface area contributed by atoms with Gasteiger partial charge in [0.1, 0.15) is 5.54 Å². The number of hydrogen-bond donors (Lipinski definition) is 2. The summed E-state index contributed by atoms with van der Waals surface area (Å²) >= 11 is 0. The van der Waals surface area contributed by atoms with E-state index in [0.29, 0.717) is 19.6 Å². The van der Waals surface area contributed by atoms with Gasteiger partial charge in [-0.3, -0.25) is 4.79 Å². The van der Waals surface area contributed by atoms with Gasteiger partial charge in [-0.25, -0.2) is 0 Å². The van der Waals surface area contributed by atoms with Gasteiger partial charge in [-0.05, 0) is 24.7 Å². The van der Waals surface area contributed by atoms with Gasteiger partial charge in [0.05, 0.1) is 6.61 Å². The number of amides is 1. The second-order valence-corrected chi connectivity index (χ2v) is 6.13. The molecule has 1 heterocycles. The van der Waals surface area contributed by atoms with Crippen LogP contribution in [0.2, 0.25) is 0 Å². The Hall–Kier alpha value is -0.610. The third-order valence-corrected chi connectivity index (χ3v) is 4.48. The Morgan fingerprint density at radius 2 is 2.11 bits per heavy atom. The molecule has 1 aliphatic heterocycles. The topological polar surface area (TPSA) is 64.4 Å². The molecular formula is C14H26N2O2. The fourth-order valence-electron chi connectivity index (χ4n) is 2.94. The van der Waals surface area contributed by atoms with E-state index < -0.39 is 5.54 Å². The molecular weight excluding hydrogens is 228 g/mol. The smallest absolute Gasteiger partial charge is 0.242 e. The van der Waals surface area contributed by atoms with E-state index >= 15 is 0 Å². The predicted molar refractivity (Wildman–Crippen MR) is 71.1 cm³/mol. The molecule has 0 aromatic carbocycles. The maximum atomic E-state index is 11.9. The second-order valence-electron chi connectivity index (χ2n) is 6.13. The largest absolute Gasteiger partial charge is 0.379 e. The van der Waals surface area contributed by atoms with E-state index in [1.807, 2.05) is 0 Å². The molecule has 3 N–H and O–H groups in total. The highest BCUT2D eigenvalue weighted by Gasteiger charge is 2.37. The molecule has 2 aliphatic rings. The van der Waals surface area contributed by atoms with Crippen LogP contribution in [0.4, 0.5) is 0 Å². The van der Waals surface area contributed by atoms with Gasteiger partial charge in [-0.15, -0.1) is 0 Å². The number of hydrogen-bond acceptors (Lipinski definition) is 3. The molecule has 2 rings (SSSR count). The monoisotopic (exact) mass is 254 g/mol. The van der Waals surface area contributed by atoms with Crippen LogP contribution < -0.4 is 11.1 Å². The summed E-state index contributed by atoms with van der Waals surface area (Å²) in [6, 6.07) is 0. The Morgan fingerprint density at radius 3 is 2.72 bits per heavy atom. The summed E-state index contributed by atoms with van der Waals surface area (Å²) in [6.45, 7) is 4.05. The molecule has 2 fully saturated rings. The molecule has 1 unspecified atom stereocenters. The van der Waals surface area contributed by atoms with E-state index in [1.54, 1.807) is 0 Å². The first-order valence-corrected chi connectivity index (χ1v) is 7.25. The number of ether oxygens (including phenoxy) is 1. The van der Waals surface area contributed by atoms with Crippen molar-refractivity contribution in [3.63, 3.8) is 0 Å². The Balaban J connectivity index is 1.64. The summed E-state index contributed by atoms with van der Waals surface area (Å²) in [4.78, 5) is 11.9. The van der Waals surface area contributed by atoms with Crippen molar-refractivity contribution in [1.82, 2.24) is 5.32 Å². The zero-order valence-corrected chi connectivity index (χ0v) is 11.4. The van der Waals surface area contributed by atoms with Crippen LogP contribution in [-0.2, 0) is 9.53 Å². The minimum absolute atomic E-state index is 0.0378. The van der Waals surface area contributed by atoms with E-state index in [9.17, 15) is 4.79 Å². The van der Waals surface area contributed by atoms with E-state index in [2.05, 4.69) is 12.2 Å². The lowest BCUT2D eigenvalue weighted by molar-refractivity contribution is -0.126. The Labute approximate surface area is 110 Å². The zero-order valence-electron chi connectivity index (χ0n) is 11.4. The fraction of sp³-hybridized carbons (Fsp3) is 0.929. The minimum atomic E-state index is -0.777. The van der Waals surface area contributed by atoms with Crippen LogP contribution >= 0.6 is 0 Å². The second kappa shape index (κ2) is 6.02. The van der Waals surface area contributed by atoms with Crippen LogP contribution in [0, 0.1) is 11.8 Å². The van der Waals surface area contributed by atoms with Gasteiger partial charge in [0.2, 0.25) is 5.91 Å². The lowest BCUT2D eigenvalue weighted by Gasteiger charge is -2.27. The molecule has 104 valence electrons. The molecule has 0 bridgehead atoms. The van der Waals surface area contributed by atoms with Crippen molar-refractivity contribution in [2.75, 3.05) is 19.8 Å². The molecule has 1 atom stereocenters. The quantitative estimate of drug-likeness (QED) is 0.798. The normalized spacial score (nSPS) is 36.6. The summed E-state index contributed by atoms with van der Waals surface area (Å²) < 4.78 is 5.20. The van der Waals surface area contributed by atoms with Crippen molar-refractivity contribution >= 4 is 5.91 Å². The van der Waals surface area contributed by atoms with Crippen LogP contribution in [0.3, 0.4) is 0 Å². The number of nitrogens with two attached hydrogens (primary N) is 1. The number of nitrogens with one attached hydrogen (secondary N) is 1. The standard InChI is InChI=1S/C14H26N2O2/c1-11-2-4-12(5-3-11)6-8-16-13(17)14(15)7-9-18-10-14/h11-12H,2-10,15H2,1H3,(H,16,17). The average molecular weight is 254 g/mol. The maximum absolute atomic E-state index is 11.9. The third-order valence-electron chi connectivity index (χ3n) is 4.48. The van der Waals surface area contributed by atoms with Gasteiger partial charge in [0.25, 0.3) is 0 Å². The van der Waals surface area contributed by atoms with Crippen molar-refractivity contribution < 1.29 is 9.53 Å². The molecule has 1 amide bonds. The highest BCUT2D eigenvalue weighted by atomic mass is 16.5. The van der Waals surface area contributed by atoms with Gasteiger partial charge in [0, 0.05) is 13.2 Å². The van der Waals surface area contributed by atoms with Crippen molar-refractivity contribution in [3.05, 3.63) is 0 Å². The Morgan fingerprint density at radius 1 is 1.39 bits per heavy atom. The molecule has 0 spiro atoms. The van der Waals surface area contributed by atoms with E-state index in [4.69, 9.17) is 10.5 Å². The summed E-state index contributed by atoms with van der Waals surface area (Å²) in [5, 5.41) is 2.98. The fourth-order valence-corrected chi connectivity index (χ4v) is 2.94. The molecule has 1 saturated heterocycles. The number of carbonyl (C=O) groups is 1. The lowest BCUT2D eigenvalue weighted by atomic mass is 9.81. The molecule has 0 radical (unpaired) electrons. The van der Waals surface area contributed by atoms with Gasteiger partial charge in [0.15, 0.2) is 0 Å². The van der Waals surface area contributed by atoms with Crippen LogP contribution in [0.25, 0.3) is 0 Å². The van der Waals surface area contributed by atoms with Gasteiger partial charge in [-0.2, -0.15) is 0 Å². The predicted octanol–water partition coefficient (Wildman–Crippen LogP) is 1.44. The Bertz CT molecular complexity index is 280. The molecule has 0 aromatic rings. The number of carbonyl (C=O) groups excluding carboxylic acids is 1. The molecule has 1 saturated carbocycles. The Kier molecular flexibility index (Phi) is 4.62. The first-order valence-electron chi connectivity index (χ1n) is 7.25. The third kappa shape index (κ3) is 3.45. The SMILES string of the molecule is CC1CCC(CCNC(=O)C2(N)CCOC2)CC1. The molecule has 1 aliphatic carbocycles. The van der Waals surface area contributed by atoms with E-state index in [0.717, 1.165) is 24.8 Å². The van der Waals surface area contributed by atoms with Crippen molar-refractivity contribution in [3.8, 4) is 0 Å². The van der Waals surface area contributed by atoms with Crippen LogP contribution in [0.5, 0.6) is 0 Å². The van der Waals surface area contributed by atoms with Gasteiger partial charge >= 0.3 is 0 Å². The summed E-state index contributed by atoms with van der Waals surface area (Å²) in [5.41, 5.74) is 5.23. The van der Waals surface area contributed by atoms with Crippen LogP contribution in [0.1, 0.15) is 45.4 Å². The summed E-state index contributed by atoms with van der Waals surface area (Å²) in [7, 11) is 0. The van der Waals surface area contributed by atoms with Crippen molar-refractivity contribution in [1.29, 1.82) is 0 Å². The summed E-state index contributed by atoms with van der Waals surface area (Å²) in [6.07, 6.45) is 7.04. The van der Waals surface area contributed by atoms with Gasteiger partial charge in [-0.1, -0.05) is 32.6 Å². The van der Waals surface area contributed by atoms with Crippen molar-refractivity contribution in [2.24, 2.45) is 17.6 Å². The molecule has 0 aromatic heterocycles. The first kappa shape index (κ1) is 13.8. The van der Waals surface area contributed by atoms with E-state index in [1.165, 1.54) is 25.7 Å². The van der Waals surface area contributed by atoms with Crippen LogP contribution in [0.15, 0.2) is 0 Å². The molecule has 18 heavy (non-hydrogen) atoms. The van der Waals surface area contributed by atoms with Crippen molar-refractivity contribution in [2.45, 2.75) is 51.0 Å². The zero-order chi connectivity index (χ0) is 13.0. The van der Waals surface area contributed by atoms with Crippen LogP contribution in [-0.4, -0.2) is 31.2 Å². The maximum Gasteiger partial charge on any atom is 0.242 e. The highest BCUT2D eigenvalue weighted by molar-refractivity contribution is 5.86. The first-order chi connectivity index (χ1) is 8.60. The minimum Gasteiger partial charge on any atom is -0.379 e. The number of rotatable bonds is 4. The molecule has 4 nitrogen and oxygen atoms in total. The summed E-state index contributed by atoms with van der Waals surface area (Å²) in [5.74, 6) is 1.64. The average Bonchev–Trinajstić information content (AvgIpc) is 2.80. The highest BCUT2D eigenvalue weighted by Crippen LogP contribution is 2.30. The molecule has 4 heteroatoms. The lowest BCUT2D eigenvalue weighted by Crippen LogP contribution is -2.54. The van der Waals surface area contributed by atoms with Gasteiger partial charge < -0.3 is 15.8 Å². The van der Waals surface area contributed by atoms with E-state index in [-0.39, 0.29) is 5.91 Å².